The highest BCUT2D eigenvalue weighted by Crippen LogP contribution is 2.25. The topological polar surface area (TPSA) is 106 Å². The summed E-state index contributed by atoms with van der Waals surface area (Å²) in [5, 5.41) is 12.0. The Labute approximate surface area is 149 Å². The first-order valence-electron chi connectivity index (χ1n) is 7.73. The van der Waals surface area contributed by atoms with Crippen molar-refractivity contribution < 1.29 is 9.53 Å². The van der Waals surface area contributed by atoms with Gasteiger partial charge in [-0.3, -0.25) is 9.89 Å². The number of nitrogens with two attached hydrogens (primary N) is 1. The van der Waals surface area contributed by atoms with Gasteiger partial charge < -0.3 is 15.8 Å². The molecule has 2 heterocycles. The third kappa shape index (κ3) is 4.57. The summed E-state index contributed by atoms with van der Waals surface area (Å²) in [6.45, 7) is 2.71. The number of aromatic amines is 1. The quantitative estimate of drug-likeness (QED) is 0.561. The van der Waals surface area contributed by atoms with Gasteiger partial charge in [-0.15, -0.1) is 11.3 Å². The maximum Gasteiger partial charge on any atom is 0.226 e. The molecule has 8 heteroatoms. The molecule has 129 valence electrons. The van der Waals surface area contributed by atoms with E-state index in [1.807, 2.05) is 25.3 Å². The second-order valence-corrected chi connectivity index (χ2v) is 6.28. The van der Waals surface area contributed by atoms with Crippen LogP contribution in [0.5, 0.6) is 5.75 Å². The van der Waals surface area contributed by atoms with Crippen molar-refractivity contribution >= 4 is 22.4 Å². The fourth-order valence-corrected chi connectivity index (χ4v) is 2.89. The average Bonchev–Trinajstić information content (AvgIpc) is 3.20. The summed E-state index contributed by atoms with van der Waals surface area (Å²) >= 11 is 1.32. The molecule has 3 aromatic rings. The van der Waals surface area contributed by atoms with E-state index in [2.05, 4.69) is 26.6 Å². The summed E-state index contributed by atoms with van der Waals surface area (Å²) in [7, 11) is 0. The number of amides is 1. The molecule has 0 unspecified atom stereocenters. The fourth-order valence-electron chi connectivity index (χ4n) is 2.33. The predicted molar refractivity (Wildman–Crippen MR) is 96.3 cm³/mol. The van der Waals surface area contributed by atoms with Gasteiger partial charge in [-0.25, -0.2) is 4.98 Å². The molecule has 0 bridgehead atoms. The predicted octanol–water partition coefficient (Wildman–Crippen LogP) is 1.96. The third-order valence-electron chi connectivity index (χ3n) is 3.51. The lowest BCUT2D eigenvalue weighted by Gasteiger charge is -2.08. The Morgan fingerprint density at radius 1 is 1.48 bits per heavy atom. The number of rotatable bonds is 7. The van der Waals surface area contributed by atoms with Crippen molar-refractivity contribution in [3.05, 3.63) is 47.2 Å². The Balaban J connectivity index is 1.46. The molecule has 2 aromatic heterocycles. The minimum atomic E-state index is -0.108. The normalized spacial score (nSPS) is 10.6. The van der Waals surface area contributed by atoms with Gasteiger partial charge in [0.25, 0.3) is 0 Å². The minimum absolute atomic E-state index is 0.108. The summed E-state index contributed by atoms with van der Waals surface area (Å²) in [6.07, 6.45) is 2.06. The number of nitrogen functional groups attached to an aromatic ring is 1. The monoisotopic (exact) mass is 356 g/mol. The molecule has 1 aromatic carbocycles. The molecule has 0 fully saturated rings. The molecule has 4 N–H and O–H groups in total. The number of anilines is 1. The molecule has 0 spiro atoms. The van der Waals surface area contributed by atoms with E-state index >= 15 is 0 Å². The number of hydrogen-bond donors (Lipinski definition) is 3. The number of aromatic nitrogens is 3. The van der Waals surface area contributed by atoms with Crippen LogP contribution in [-0.4, -0.2) is 34.2 Å². The maximum absolute atomic E-state index is 11.8. The summed E-state index contributed by atoms with van der Waals surface area (Å²) in [5.74, 6) is 0.586. The van der Waals surface area contributed by atoms with Crippen LogP contribution < -0.4 is 15.8 Å². The Kier molecular flexibility index (Phi) is 5.30. The number of nitrogens with zero attached hydrogens (tertiary/aromatic N) is 2. The first kappa shape index (κ1) is 17.0. The van der Waals surface area contributed by atoms with Crippen LogP contribution in [0.3, 0.4) is 0 Å². The Morgan fingerprint density at radius 2 is 2.36 bits per heavy atom. The molecule has 0 aliphatic heterocycles. The number of carbonyl (C=O) groups is 1. The molecule has 7 nitrogen and oxygen atoms in total. The van der Waals surface area contributed by atoms with Crippen LogP contribution in [0.4, 0.5) is 5.13 Å². The second kappa shape index (κ2) is 7.80. The van der Waals surface area contributed by atoms with Gasteiger partial charge in [0.15, 0.2) is 5.13 Å². The molecule has 0 atom stereocenters. The molecule has 0 aliphatic carbocycles. The molecular formula is C17H18N5O2S. The molecule has 3 rings (SSSR count). The zero-order chi connectivity index (χ0) is 17.6. The minimum Gasteiger partial charge on any atom is -0.492 e. The van der Waals surface area contributed by atoms with E-state index in [9.17, 15) is 4.79 Å². The van der Waals surface area contributed by atoms with E-state index < -0.39 is 0 Å². The number of benzene rings is 1. The molecular weight excluding hydrogens is 338 g/mol. The summed E-state index contributed by atoms with van der Waals surface area (Å²) < 4.78 is 5.68. The van der Waals surface area contributed by atoms with Crippen molar-refractivity contribution in [2.24, 2.45) is 0 Å². The van der Waals surface area contributed by atoms with E-state index in [-0.39, 0.29) is 12.3 Å². The van der Waals surface area contributed by atoms with Gasteiger partial charge in [-0.1, -0.05) is 0 Å². The average molecular weight is 356 g/mol. The number of thiazole rings is 1. The van der Waals surface area contributed by atoms with Crippen molar-refractivity contribution in [1.82, 2.24) is 20.5 Å². The van der Waals surface area contributed by atoms with Crippen molar-refractivity contribution in [3.8, 4) is 16.9 Å². The van der Waals surface area contributed by atoms with Crippen LogP contribution in [0.1, 0.15) is 11.4 Å². The standard InChI is InChI=1S/C17H18N5O2S/c1-11-15(9-20-22-11)12-3-2-4-14(7-12)24-6-5-19-16(23)8-13-10-25-17(18)21-13/h3-4,7,9-10H,5-6,8H2,1H3,(H2,18,21)(H,19,23)(H,20,22). The highest BCUT2D eigenvalue weighted by molar-refractivity contribution is 7.13. The van der Waals surface area contributed by atoms with Gasteiger partial charge in [0.05, 0.1) is 24.4 Å². The first-order valence-corrected chi connectivity index (χ1v) is 8.61. The van der Waals surface area contributed by atoms with Crippen LogP contribution in [0.15, 0.2) is 29.8 Å². The zero-order valence-electron chi connectivity index (χ0n) is 13.7. The van der Waals surface area contributed by atoms with E-state index in [0.717, 1.165) is 16.8 Å². The highest BCUT2D eigenvalue weighted by Gasteiger charge is 2.07. The van der Waals surface area contributed by atoms with Crippen molar-refractivity contribution in [2.75, 3.05) is 18.9 Å². The maximum atomic E-state index is 11.8. The number of nitrogens with one attached hydrogen (secondary N) is 2. The Bertz CT molecular complexity index is 858. The lowest BCUT2D eigenvalue weighted by molar-refractivity contribution is -0.120. The molecule has 25 heavy (non-hydrogen) atoms. The largest absolute Gasteiger partial charge is 0.492 e. The van der Waals surface area contributed by atoms with Crippen LogP contribution in [0.2, 0.25) is 0 Å². The zero-order valence-corrected chi connectivity index (χ0v) is 14.5. The summed E-state index contributed by atoms with van der Waals surface area (Å²) in [5.41, 5.74) is 9.13. The molecule has 0 saturated heterocycles. The molecule has 1 radical (unpaired) electrons. The van der Waals surface area contributed by atoms with Crippen molar-refractivity contribution in [3.63, 3.8) is 0 Å². The number of ether oxygens (including phenoxy) is 1. The van der Waals surface area contributed by atoms with E-state index in [1.165, 1.54) is 11.3 Å². The molecule has 0 saturated carbocycles. The van der Waals surface area contributed by atoms with Crippen LogP contribution in [-0.2, 0) is 11.2 Å². The number of hydrogen-bond acceptors (Lipinski definition) is 6. The number of carbonyl (C=O) groups excluding carboxylic acids is 1. The first-order chi connectivity index (χ1) is 12.1. The SMILES string of the molecule is Cc1n[nH]cc1-c1c[c]cc(OCCNC(=O)Cc2csc(N)n2)c1. The van der Waals surface area contributed by atoms with Crippen LogP contribution in [0.25, 0.3) is 11.1 Å². The molecule has 0 aliphatic rings. The Morgan fingerprint density at radius 3 is 3.08 bits per heavy atom. The number of aryl methyl sites for hydroxylation is 1. The second-order valence-electron chi connectivity index (χ2n) is 5.39. The van der Waals surface area contributed by atoms with Crippen molar-refractivity contribution in [1.29, 1.82) is 0 Å². The van der Waals surface area contributed by atoms with Gasteiger partial charge in [-0.2, -0.15) is 5.10 Å². The highest BCUT2D eigenvalue weighted by atomic mass is 32.1. The van der Waals surface area contributed by atoms with Gasteiger partial charge >= 0.3 is 0 Å². The number of H-pyrrole nitrogens is 1. The van der Waals surface area contributed by atoms with Gasteiger partial charge in [0, 0.05) is 17.1 Å². The summed E-state index contributed by atoms with van der Waals surface area (Å²) in [4.78, 5) is 15.9. The Hall–Kier alpha value is -2.87. The van der Waals surface area contributed by atoms with Crippen LogP contribution in [0, 0.1) is 13.0 Å². The van der Waals surface area contributed by atoms with Crippen LogP contribution >= 0.6 is 11.3 Å². The van der Waals surface area contributed by atoms with Gasteiger partial charge in [0.2, 0.25) is 5.91 Å². The van der Waals surface area contributed by atoms with Gasteiger partial charge in [-0.05, 0) is 36.8 Å². The lowest BCUT2D eigenvalue weighted by Crippen LogP contribution is -2.29. The van der Waals surface area contributed by atoms with E-state index in [4.69, 9.17) is 10.5 Å². The smallest absolute Gasteiger partial charge is 0.226 e. The van der Waals surface area contributed by atoms with Gasteiger partial charge in [0.1, 0.15) is 12.4 Å². The van der Waals surface area contributed by atoms with E-state index in [1.54, 1.807) is 11.4 Å². The van der Waals surface area contributed by atoms with Crippen molar-refractivity contribution in [2.45, 2.75) is 13.3 Å². The lowest BCUT2D eigenvalue weighted by atomic mass is 10.1. The summed E-state index contributed by atoms with van der Waals surface area (Å²) in [6, 6.07) is 8.63. The van der Waals surface area contributed by atoms with E-state index in [0.29, 0.717) is 29.7 Å². The fraction of sp³-hybridized carbons (Fsp3) is 0.235. The third-order valence-corrected chi connectivity index (χ3v) is 4.23. The molecule has 1 amide bonds.